The summed E-state index contributed by atoms with van der Waals surface area (Å²) in [7, 11) is 2.08. The first kappa shape index (κ1) is 15.4. The van der Waals surface area contributed by atoms with Gasteiger partial charge in [0.15, 0.2) is 0 Å². The van der Waals surface area contributed by atoms with Gasteiger partial charge in [-0.05, 0) is 53.2 Å². The maximum absolute atomic E-state index is 11.2. The van der Waals surface area contributed by atoms with Crippen LogP contribution in [0.25, 0.3) is 0 Å². The van der Waals surface area contributed by atoms with E-state index in [2.05, 4.69) is 23.8 Å². The third-order valence-electron chi connectivity index (χ3n) is 4.00. The van der Waals surface area contributed by atoms with Gasteiger partial charge in [-0.25, -0.2) is 0 Å². The zero-order valence-electron chi connectivity index (χ0n) is 12.0. The second-order valence-corrected chi connectivity index (χ2v) is 5.86. The average Bonchev–Trinajstić information content (AvgIpc) is 2.77. The van der Waals surface area contributed by atoms with Crippen molar-refractivity contribution < 1.29 is 4.79 Å². The van der Waals surface area contributed by atoms with E-state index < -0.39 is 11.4 Å². The van der Waals surface area contributed by atoms with Crippen molar-refractivity contribution in [3.05, 3.63) is 0 Å². The van der Waals surface area contributed by atoms with Crippen LogP contribution in [0.3, 0.4) is 0 Å². The minimum absolute atomic E-state index is 0.259. The van der Waals surface area contributed by atoms with Crippen LogP contribution in [0.5, 0.6) is 0 Å². The Morgan fingerprint density at radius 3 is 2.50 bits per heavy atom. The molecule has 18 heavy (non-hydrogen) atoms. The first-order valence-electron chi connectivity index (χ1n) is 6.84. The molecule has 1 amide bonds. The minimum Gasteiger partial charge on any atom is -0.368 e. The lowest BCUT2D eigenvalue weighted by Gasteiger charge is -2.31. The Bertz CT molecular complexity index is 274. The number of nitrogens with two attached hydrogens (primary N) is 2. The number of carbonyl (C=O) groups excluding carboxylic acids is 1. The van der Waals surface area contributed by atoms with E-state index in [9.17, 15) is 4.79 Å². The van der Waals surface area contributed by atoms with Gasteiger partial charge in [0.2, 0.25) is 5.91 Å². The van der Waals surface area contributed by atoms with Gasteiger partial charge >= 0.3 is 0 Å². The standard InChI is InChI=1S/C13H28N4O/c1-11(10-13(2,15)12(14)18)16(3)8-9-17-6-4-5-7-17/h11H,4-10,15H2,1-3H3,(H2,14,18). The van der Waals surface area contributed by atoms with Crippen molar-refractivity contribution in [3.63, 3.8) is 0 Å². The third kappa shape index (κ3) is 4.55. The fourth-order valence-corrected chi connectivity index (χ4v) is 2.40. The van der Waals surface area contributed by atoms with Crippen LogP contribution in [0, 0.1) is 0 Å². The number of likely N-dealkylation sites (N-methyl/N-ethyl adjacent to an activating group) is 1. The lowest BCUT2D eigenvalue weighted by molar-refractivity contribution is -0.123. The highest BCUT2D eigenvalue weighted by molar-refractivity contribution is 5.83. The first-order chi connectivity index (χ1) is 8.33. The molecule has 0 aromatic carbocycles. The highest BCUT2D eigenvalue weighted by Gasteiger charge is 2.29. The molecule has 2 atom stereocenters. The first-order valence-corrected chi connectivity index (χ1v) is 6.84. The second kappa shape index (κ2) is 6.50. The predicted octanol–water partition coefficient (Wildman–Crippen LogP) is -0.00470. The Hall–Kier alpha value is -0.650. The summed E-state index contributed by atoms with van der Waals surface area (Å²) in [4.78, 5) is 16.0. The summed E-state index contributed by atoms with van der Waals surface area (Å²) in [5.74, 6) is -0.428. The number of primary amides is 1. The van der Waals surface area contributed by atoms with Crippen molar-refractivity contribution in [1.29, 1.82) is 0 Å². The molecule has 5 nitrogen and oxygen atoms in total. The van der Waals surface area contributed by atoms with Gasteiger partial charge in [-0.2, -0.15) is 0 Å². The molecular formula is C13H28N4O. The molecule has 1 saturated heterocycles. The number of amides is 1. The molecule has 0 aromatic rings. The van der Waals surface area contributed by atoms with E-state index in [4.69, 9.17) is 11.5 Å². The van der Waals surface area contributed by atoms with Crippen LogP contribution in [0.15, 0.2) is 0 Å². The molecule has 2 unspecified atom stereocenters. The van der Waals surface area contributed by atoms with Crippen LogP contribution >= 0.6 is 0 Å². The zero-order chi connectivity index (χ0) is 13.8. The van der Waals surface area contributed by atoms with E-state index >= 15 is 0 Å². The van der Waals surface area contributed by atoms with Gasteiger partial charge in [0, 0.05) is 19.1 Å². The Balaban J connectivity index is 2.31. The molecule has 0 saturated carbocycles. The van der Waals surface area contributed by atoms with E-state index in [1.165, 1.54) is 25.9 Å². The summed E-state index contributed by atoms with van der Waals surface area (Å²) < 4.78 is 0. The number of hydrogen-bond donors (Lipinski definition) is 2. The van der Waals surface area contributed by atoms with Crippen LogP contribution in [0.2, 0.25) is 0 Å². The Morgan fingerprint density at radius 1 is 1.44 bits per heavy atom. The van der Waals surface area contributed by atoms with Gasteiger partial charge in [-0.15, -0.1) is 0 Å². The van der Waals surface area contributed by atoms with Crippen molar-refractivity contribution in [2.75, 3.05) is 33.2 Å². The van der Waals surface area contributed by atoms with Gasteiger partial charge in [0.05, 0.1) is 5.54 Å². The maximum Gasteiger partial charge on any atom is 0.237 e. The van der Waals surface area contributed by atoms with Crippen molar-refractivity contribution in [2.45, 2.75) is 44.7 Å². The fraction of sp³-hybridized carbons (Fsp3) is 0.923. The van der Waals surface area contributed by atoms with E-state index in [1.807, 2.05) is 0 Å². The van der Waals surface area contributed by atoms with Gasteiger partial charge in [-0.3, -0.25) is 4.79 Å². The molecule has 0 spiro atoms. The Morgan fingerprint density at radius 2 is 2.00 bits per heavy atom. The van der Waals surface area contributed by atoms with E-state index in [0.717, 1.165) is 13.1 Å². The van der Waals surface area contributed by atoms with Gasteiger partial charge in [0.25, 0.3) is 0 Å². The molecule has 1 aliphatic rings. The SMILES string of the molecule is CC(CC(C)(N)C(N)=O)N(C)CCN1CCCC1. The fourth-order valence-electron chi connectivity index (χ4n) is 2.40. The minimum atomic E-state index is -0.915. The van der Waals surface area contributed by atoms with Crippen LogP contribution in [-0.2, 0) is 4.79 Å². The Kier molecular flexibility index (Phi) is 5.56. The normalized spacial score (nSPS) is 22.1. The lowest BCUT2D eigenvalue weighted by atomic mass is 9.93. The van der Waals surface area contributed by atoms with Crippen molar-refractivity contribution in [3.8, 4) is 0 Å². The molecule has 1 aliphatic heterocycles. The quantitative estimate of drug-likeness (QED) is 0.672. The van der Waals surface area contributed by atoms with Crippen LogP contribution in [0.1, 0.15) is 33.1 Å². The predicted molar refractivity (Wildman–Crippen MR) is 74.2 cm³/mol. The average molecular weight is 256 g/mol. The molecule has 4 N–H and O–H groups in total. The van der Waals surface area contributed by atoms with E-state index in [0.29, 0.717) is 6.42 Å². The maximum atomic E-state index is 11.2. The summed E-state index contributed by atoms with van der Waals surface area (Å²) in [6.45, 7) is 8.35. The molecular weight excluding hydrogens is 228 g/mol. The zero-order valence-corrected chi connectivity index (χ0v) is 12.0. The summed E-state index contributed by atoms with van der Waals surface area (Å²) in [5.41, 5.74) is 10.3. The van der Waals surface area contributed by atoms with Crippen molar-refractivity contribution >= 4 is 5.91 Å². The van der Waals surface area contributed by atoms with Crippen LogP contribution < -0.4 is 11.5 Å². The number of likely N-dealkylation sites (tertiary alicyclic amines) is 1. The molecule has 0 aliphatic carbocycles. The number of hydrogen-bond acceptors (Lipinski definition) is 4. The molecule has 1 heterocycles. The van der Waals surface area contributed by atoms with E-state index in [-0.39, 0.29) is 6.04 Å². The van der Waals surface area contributed by atoms with Gasteiger partial charge in [-0.1, -0.05) is 0 Å². The largest absolute Gasteiger partial charge is 0.368 e. The third-order valence-corrected chi connectivity index (χ3v) is 4.00. The van der Waals surface area contributed by atoms with Crippen molar-refractivity contribution in [2.24, 2.45) is 11.5 Å². The topological polar surface area (TPSA) is 75.6 Å². The summed E-state index contributed by atoms with van der Waals surface area (Å²) in [6.07, 6.45) is 3.24. The Labute approximate surface area is 110 Å². The molecule has 0 aromatic heterocycles. The van der Waals surface area contributed by atoms with Crippen LogP contribution in [-0.4, -0.2) is 60.5 Å². The smallest absolute Gasteiger partial charge is 0.237 e. The van der Waals surface area contributed by atoms with Gasteiger partial charge in [0.1, 0.15) is 0 Å². The highest BCUT2D eigenvalue weighted by atomic mass is 16.1. The van der Waals surface area contributed by atoms with Crippen LogP contribution in [0.4, 0.5) is 0 Å². The van der Waals surface area contributed by atoms with E-state index in [1.54, 1.807) is 6.92 Å². The molecule has 106 valence electrons. The molecule has 5 heteroatoms. The summed E-state index contributed by atoms with van der Waals surface area (Å²) in [5, 5.41) is 0. The molecule has 0 bridgehead atoms. The number of carbonyl (C=O) groups is 1. The highest BCUT2D eigenvalue weighted by Crippen LogP contribution is 2.13. The molecule has 1 fully saturated rings. The molecule has 0 radical (unpaired) electrons. The van der Waals surface area contributed by atoms with Crippen molar-refractivity contribution in [1.82, 2.24) is 9.80 Å². The summed E-state index contributed by atoms with van der Waals surface area (Å²) in [6, 6.07) is 0.259. The monoisotopic (exact) mass is 256 g/mol. The lowest BCUT2D eigenvalue weighted by Crippen LogP contribution is -2.53. The summed E-state index contributed by atoms with van der Waals surface area (Å²) >= 11 is 0. The number of nitrogens with zero attached hydrogens (tertiary/aromatic N) is 2. The van der Waals surface area contributed by atoms with Gasteiger partial charge < -0.3 is 21.3 Å². The second-order valence-electron chi connectivity index (χ2n) is 5.86. The number of rotatable bonds is 7. The molecule has 1 rings (SSSR count).